The number of halogens is 4. The topological polar surface area (TPSA) is 76.5 Å². The third-order valence-electron chi connectivity index (χ3n) is 3.81. The molecule has 1 N–H and O–H groups in total. The Morgan fingerprint density at radius 1 is 1.19 bits per heavy atom. The highest BCUT2D eigenvalue weighted by Crippen LogP contribution is 2.32. The Hall–Kier alpha value is -3.04. The predicted octanol–water partition coefficient (Wildman–Crippen LogP) is 3.10. The highest BCUT2D eigenvalue weighted by molar-refractivity contribution is 5.51. The molecule has 0 spiro atoms. The zero-order valence-corrected chi connectivity index (χ0v) is 13.7. The van der Waals surface area contributed by atoms with Crippen LogP contribution in [0.1, 0.15) is 29.9 Å². The van der Waals surface area contributed by atoms with Crippen LogP contribution in [0.2, 0.25) is 0 Å². The summed E-state index contributed by atoms with van der Waals surface area (Å²) in [5.74, 6) is -0.599. The molecule has 6 nitrogen and oxygen atoms in total. The van der Waals surface area contributed by atoms with Gasteiger partial charge in [-0.1, -0.05) is 11.3 Å². The fourth-order valence-electron chi connectivity index (χ4n) is 2.48. The molecule has 0 fully saturated rings. The molecule has 0 bridgehead atoms. The third kappa shape index (κ3) is 3.48. The molecule has 0 aliphatic heterocycles. The van der Waals surface area contributed by atoms with Crippen molar-refractivity contribution in [1.29, 1.82) is 0 Å². The van der Waals surface area contributed by atoms with E-state index in [9.17, 15) is 22.4 Å². The summed E-state index contributed by atoms with van der Waals surface area (Å²) in [5.41, 5.74) is -0.808. The van der Waals surface area contributed by atoms with Crippen molar-refractivity contribution in [3.8, 4) is 11.4 Å². The molecule has 1 atom stereocenters. The van der Waals surface area contributed by atoms with E-state index in [0.717, 1.165) is 12.1 Å². The second-order valence-electron chi connectivity index (χ2n) is 5.71. The summed E-state index contributed by atoms with van der Waals surface area (Å²) in [6.07, 6.45) is -3.17. The van der Waals surface area contributed by atoms with Crippen molar-refractivity contribution >= 4 is 0 Å². The van der Waals surface area contributed by atoms with E-state index in [0.29, 0.717) is 17.6 Å². The van der Waals surface area contributed by atoms with Crippen molar-refractivity contribution in [2.45, 2.75) is 26.1 Å². The molecule has 0 aliphatic rings. The van der Waals surface area contributed by atoms with Gasteiger partial charge in [-0.25, -0.2) is 14.1 Å². The molecule has 1 aromatic carbocycles. The van der Waals surface area contributed by atoms with Crippen LogP contribution in [0, 0.1) is 12.7 Å². The van der Waals surface area contributed by atoms with E-state index < -0.39 is 23.6 Å². The molecule has 2 heterocycles. The molecule has 0 saturated carbocycles. The molecule has 2 aromatic heterocycles. The van der Waals surface area contributed by atoms with Crippen LogP contribution in [0.3, 0.4) is 0 Å². The van der Waals surface area contributed by atoms with Gasteiger partial charge in [-0.15, -0.1) is 5.10 Å². The highest BCUT2D eigenvalue weighted by Gasteiger charge is 2.31. The smallest absolute Gasteiger partial charge is 0.311 e. The largest absolute Gasteiger partial charge is 0.416 e. The molecule has 3 aromatic rings. The molecule has 0 saturated heterocycles. The van der Waals surface area contributed by atoms with E-state index in [4.69, 9.17) is 0 Å². The zero-order chi connectivity index (χ0) is 19.1. The molecule has 26 heavy (non-hydrogen) atoms. The lowest BCUT2D eigenvalue weighted by Crippen LogP contribution is -2.12. The zero-order valence-electron chi connectivity index (χ0n) is 13.7. The van der Waals surface area contributed by atoms with Crippen molar-refractivity contribution in [2.75, 3.05) is 0 Å². The number of rotatable bonds is 3. The van der Waals surface area contributed by atoms with Gasteiger partial charge in [0.1, 0.15) is 17.3 Å². The van der Waals surface area contributed by atoms with Crippen LogP contribution in [0.4, 0.5) is 17.6 Å². The van der Waals surface area contributed by atoms with Crippen molar-refractivity contribution in [3.63, 3.8) is 0 Å². The van der Waals surface area contributed by atoms with Gasteiger partial charge in [-0.3, -0.25) is 4.79 Å². The van der Waals surface area contributed by atoms with Gasteiger partial charge in [0.25, 0.3) is 5.56 Å². The van der Waals surface area contributed by atoms with Gasteiger partial charge in [0.05, 0.1) is 23.5 Å². The SMILES string of the molecule is Cc1nc(-c2cn(C(C)c3ccc(C(F)(F)F)cc3F)nn2)cc(=O)[nH]1. The number of alkyl halides is 3. The minimum absolute atomic E-state index is 0.0319. The van der Waals surface area contributed by atoms with Gasteiger partial charge in [0.15, 0.2) is 0 Å². The van der Waals surface area contributed by atoms with E-state index >= 15 is 0 Å². The molecular weight excluding hydrogens is 354 g/mol. The third-order valence-corrected chi connectivity index (χ3v) is 3.81. The average Bonchev–Trinajstić information content (AvgIpc) is 3.02. The monoisotopic (exact) mass is 367 g/mol. The van der Waals surface area contributed by atoms with E-state index in [1.165, 1.54) is 16.9 Å². The first-order valence-corrected chi connectivity index (χ1v) is 7.52. The summed E-state index contributed by atoms with van der Waals surface area (Å²) in [7, 11) is 0. The number of aryl methyl sites for hydroxylation is 1. The summed E-state index contributed by atoms with van der Waals surface area (Å²) in [4.78, 5) is 18.1. The van der Waals surface area contributed by atoms with E-state index in [1.807, 2.05) is 0 Å². The molecule has 10 heteroatoms. The predicted molar refractivity (Wildman–Crippen MR) is 83.8 cm³/mol. The molecule has 0 amide bonds. The number of aromatic amines is 1. The Morgan fingerprint density at radius 2 is 1.92 bits per heavy atom. The van der Waals surface area contributed by atoms with Crippen molar-refractivity contribution < 1.29 is 17.6 Å². The Labute approximate surface area is 144 Å². The minimum atomic E-state index is -4.62. The number of benzene rings is 1. The lowest BCUT2D eigenvalue weighted by molar-refractivity contribution is -0.137. The number of hydrogen-bond acceptors (Lipinski definition) is 4. The van der Waals surface area contributed by atoms with Crippen molar-refractivity contribution in [3.05, 3.63) is 63.6 Å². The molecule has 0 radical (unpaired) electrons. The first-order chi connectivity index (χ1) is 12.1. The number of H-pyrrole nitrogens is 1. The van der Waals surface area contributed by atoms with Crippen LogP contribution in [-0.2, 0) is 6.18 Å². The Balaban J connectivity index is 1.93. The number of aromatic nitrogens is 5. The van der Waals surface area contributed by atoms with Gasteiger partial charge >= 0.3 is 6.18 Å². The van der Waals surface area contributed by atoms with Gasteiger partial charge < -0.3 is 4.98 Å². The van der Waals surface area contributed by atoms with Gasteiger partial charge in [-0.05, 0) is 26.0 Å². The standard InChI is InChI=1S/C16H13F4N5O/c1-8(11-4-3-10(5-12(11)17)16(18,19)20)25-7-14(23-24-25)13-6-15(26)22-9(2)21-13/h3-8H,1-2H3,(H,21,22,26). The lowest BCUT2D eigenvalue weighted by Gasteiger charge is -2.14. The molecule has 1 unspecified atom stereocenters. The van der Waals surface area contributed by atoms with Gasteiger partial charge in [-0.2, -0.15) is 13.2 Å². The second-order valence-corrected chi connectivity index (χ2v) is 5.71. The molecule has 136 valence electrons. The Kier molecular flexibility index (Phi) is 4.34. The Bertz CT molecular complexity index is 1010. The molecular formula is C16H13F4N5O. The number of nitrogens with one attached hydrogen (secondary N) is 1. The quantitative estimate of drug-likeness (QED) is 0.722. The number of hydrogen-bond donors (Lipinski definition) is 1. The van der Waals surface area contributed by atoms with Crippen LogP contribution in [0.5, 0.6) is 0 Å². The van der Waals surface area contributed by atoms with Crippen LogP contribution in [0.25, 0.3) is 11.4 Å². The minimum Gasteiger partial charge on any atom is -0.311 e. The average molecular weight is 367 g/mol. The van der Waals surface area contributed by atoms with E-state index in [-0.39, 0.29) is 16.8 Å². The molecule has 0 aliphatic carbocycles. The maximum absolute atomic E-state index is 14.1. The summed E-state index contributed by atoms with van der Waals surface area (Å²) < 4.78 is 53.4. The van der Waals surface area contributed by atoms with Crippen LogP contribution in [0.15, 0.2) is 35.3 Å². The first kappa shape index (κ1) is 17.8. The Morgan fingerprint density at radius 3 is 2.54 bits per heavy atom. The van der Waals surface area contributed by atoms with Gasteiger partial charge in [0.2, 0.25) is 0 Å². The normalized spacial score (nSPS) is 13.0. The summed E-state index contributed by atoms with van der Waals surface area (Å²) in [6, 6.07) is 2.87. The maximum Gasteiger partial charge on any atom is 0.416 e. The maximum atomic E-state index is 14.1. The number of nitrogens with zero attached hydrogens (tertiary/aromatic N) is 4. The van der Waals surface area contributed by atoms with Gasteiger partial charge in [0, 0.05) is 11.6 Å². The molecule has 3 rings (SSSR count). The first-order valence-electron chi connectivity index (χ1n) is 7.52. The van der Waals surface area contributed by atoms with E-state index in [2.05, 4.69) is 20.3 Å². The summed E-state index contributed by atoms with van der Waals surface area (Å²) in [5, 5.41) is 7.76. The highest BCUT2D eigenvalue weighted by atomic mass is 19.4. The van der Waals surface area contributed by atoms with Crippen molar-refractivity contribution in [1.82, 2.24) is 25.0 Å². The van der Waals surface area contributed by atoms with Crippen molar-refractivity contribution in [2.24, 2.45) is 0 Å². The van der Waals surface area contributed by atoms with Crippen LogP contribution >= 0.6 is 0 Å². The fourth-order valence-corrected chi connectivity index (χ4v) is 2.48. The van der Waals surface area contributed by atoms with Crippen LogP contribution < -0.4 is 5.56 Å². The van der Waals surface area contributed by atoms with E-state index in [1.54, 1.807) is 13.8 Å². The second kappa shape index (κ2) is 6.36. The lowest BCUT2D eigenvalue weighted by atomic mass is 10.0. The fraction of sp³-hybridized carbons (Fsp3) is 0.250. The summed E-state index contributed by atoms with van der Waals surface area (Å²) in [6.45, 7) is 3.18. The summed E-state index contributed by atoms with van der Waals surface area (Å²) >= 11 is 0. The van der Waals surface area contributed by atoms with Crippen LogP contribution in [-0.4, -0.2) is 25.0 Å².